The molecule has 4 nitrogen and oxygen atoms in total. The highest BCUT2D eigenvalue weighted by Gasteiger charge is 2.33. The Morgan fingerprint density at radius 1 is 1.29 bits per heavy atom. The molecule has 1 fully saturated rings. The number of halogens is 1. The second-order valence-electron chi connectivity index (χ2n) is 5.64. The van der Waals surface area contributed by atoms with Gasteiger partial charge >= 0.3 is 0 Å². The molecule has 0 spiro atoms. The SMILES string of the molecule is Cc1cc(C)c(NC(=O)[C@H]2CCCN2C(=O)CCl)c(C)c1. The first-order valence-electron chi connectivity index (χ1n) is 7.18. The largest absolute Gasteiger partial charge is 0.330 e. The predicted octanol–water partition coefficient (Wildman–Crippen LogP) is 2.78. The fourth-order valence-electron chi connectivity index (χ4n) is 3.00. The number of rotatable bonds is 3. The summed E-state index contributed by atoms with van der Waals surface area (Å²) in [5.74, 6) is -0.375. The molecular formula is C16H21ClN2O2. The van der Waals surface area contributed by atoms with Crippen molar-refractivity contribution in [1.82, 2.24) is 4.90 Å². The second-order valence-corrected chi connectivity index (χ2v) is 5.91. The first-order chi connectivity index (χ1) is 9.93. The van der Waals surface area contributed by atoms with Crippen LogP contribution in [0.4, 0.5) is 5.69 Å². The Morgan fingerprint density at radius 3 is 2.48 bits per heavy atom. The summed E-state index contributed by atoms with van der Waals surface area (Å²) in [6.45, 7) is 6.59. The Bertz CT molecular complexity index is 548. The number of hydrogen-bond acceptors (Lipinski definition) is 2. The zero-order chi connectivity index (χ0) is 15.6. The third-order valence-corrected chi connectivity index (χ3v) is 4.14. The highest BCUT2D eigenvalue weighted by molar-refractivity contribution is 6.27. The standard InChI is InChI=1S/C16H21ClN2O2/c1-10-7-11(2)15(12(3)8-10)18-16(21)13-5-4-6-19(13)14(20)9-17/h7-8,13H,4-6,9H2,1-3H3,(H,18,21)/t13-/m1/s1. The van der Waals surface area contributed by atoms with Gasteiger partial charge in [-0.25, -0.2) is 0 Å². The zero-order valence-electron chi connectivity index (χ0n) is 12.7. The monoisotopic (exact) mass is 308 g/mol. The maximum atomic E-state index is 12.5. The number of likely N-dealkylation sites (tertiary alicyclic amines) is 1. The molecular weight excluding hydrogens is 288 g/mol. The Kier molecular flexibility index (Phi) is 4.88. The molecule has 1 atom stereocenters. The van der Waals surface area contributed by atoms with Crippen molar-refractivity contribution in [2.24, 2.45) is 0 Å². The van der Waals surface area contributed by atoms with Crippen LogP contribution in [0.15, 0.2) is 12.1 Å². The van der Waals surface area contributed by atoms with Gasteiger partial charge in [0.1, 0.15) is 11.9 Å². The Balaban J connectivity index is 2.17. The van der Waals surface area contributed by atoms with E-state index in [0.717, 1.165) is 23.2 Å². The number of alkyl halides is 1. The summed E-state index contributed by atoms with van der Waals surface area (Å²) in [5.41, 5.74) is 4.08. The van der Waals surface area contributed by atoms with E-state index in [4.69, 9.17) is 11.6 Å². The van der Waals surface area contributed by atoms with E-state index in [1.165, 1.54) is 5.56 Å². The summed E-state index contributed by atoms with van der Waals surface area (Å²) in [6.07, 6.45) is 1.53. The molecule has 2 amide bonds. The third-order valence-electron chi connectivity index (χ3n) is 3.92. The number of benzene rings is 1. The molecule has 0 aromatic heterocycles. The van der Waals surface area contributed by atoms with Crippen molar-refractivity contribution >= 4 is 29.1 Å². The number of hydrogen-bond donors (Lipinski definition) is 1. The molecule has 0 unspecified atom stereocenters. The summed E-state index contributed by atoms with van der Waals surface area (Å²) >= 11 is 5.61. The van der Waals surface area contributed by atoms with Crippen LogP contribution in [0.5, 0.6) is 0 Å². The van der Waals surface area contributed by atoms with Crippen LogP contribution < -0.4 is 5.32 Å². The van der Waals surface area contributed by atoms with E-state index < -0.39 is 6.04 Å². The van der Waals surface area contributed by atoms with E-state index >= 15 is 0 Å². The molecule has 0 saturated carbocycles. The molecule has 21 heavy (non-hydrogen) atoms. The molecule has 1 aromatic rings. The normalized spacial score (nSPS) is 17.9. The lowest BCUT2D eigenvalue weighted by molar-refractivity contribution is -0.134. The van der Waals surface area contributed by atoms with Gasteiger partial charge in [-0.1, -0.05) is 17.7 Å². The molecule has 0 bridgehead atoms. The number of anilines is 1. The Labute approximate surface area is 130 Å². The number of carbonyl (C=O) groups is 2. The summed E-state index contributed by atoms with van der Waals surface area (Å²) in [5, 5.41) is 2.98. The fourth-order valence-corrected chi connectivity index (χ4v) is 3.15. The van der Waals surface area contributed by atoms with Gasteiger partial charge in [0.2, 0.25) is 11.8 Å². The minimum Gasteiger partial charge on any atom is -0.330 e. The maximum Gasteiger partial charge on any atom is 0.247 e. The highest BCUT2D eigenvalue weighted by Crippen LogP contribution is 2.24. The quantitative estimate of drug-likeness (QED) is 0.873. The van der Waals surface area contributed by atoms with E-state index in [0.29, 0.717) is 13.0 Å². The lowest BCUT2D eigenvalue weighted by atomic mass is 10.0. The van der Waals surface area contributed by atoms with Crippen LogP contribution in [0.2, 0.25) is 0 Å². The molecule has 0 radical (unpaired) electrons. The van der Waals surface area contributed by atoms with Crippen molar-refractivity contribution in [1.29, 1.82) is 0 Å². The van der Waals surface area contributed by atoms with E-state index in [-0.39, 0.29) is 17.7 Å². The van der Waals surface area contributed by atoms with Crippen LogP contribution in [0.3, 0.4) is 0 Å². The van der Waals surface area contributed by atoms with E-state index in [9.17, 15) is 9.59 Å². The second kappa shape index (κ2) is 6.48. The number of nitrogens with zero attached hydrogens (tertiary/aromatic N) is 1. The molecule has 1 heterocycles. The van der Waals surface area contributed by atoms with Crippen molar-refractivity contribution in [3.63, 3.8) is 0 Å². The molecule has 5 heteroatoms. The van der Waals surface area contributed by atoms with Gasteiger partial charge in [0.15, 0.2) is 0 Å². The van der Waals surface area contributed by atoms with Gasteiger partial charge in [0, 0.05) is 12.2 Å². The number of carbonyl (C=O) groups excluding carboxylic acids is 2. The Morgan fingerprint density at radius 2 is 1.90 bits per heavy atom. The third kappa shape index (κ3) is 3.38. The van der Waals surface area contributed by atoms with Crippen molar-refractivity contribution < 1.29 is 9.59 Å². The predicted molar refractivity (Wildman–Crippen MR) is 84.7 cm³/mol. The summed E-state index contributed by atoms with van der Waals surface area (Å²) in [6, 6.07) is 3.68. The first-order valence-corrected chi connectivity index (χ1v) is 7.71. The minimum atomic E-state index is -0.406. The average Bonchev–Trinajstić information content (AvgIpc) is 2.91. The molecule has 1 saturated heterocycles. The number of aryl methyl sites for hydroxylation is 3. The lowest BCUT2D eigenvalue weighted by Crippen LogP contribution is -2.43. The minimum absolute atomic E-state index is 0.0770. The van der Waals surface area contributed by atoms with Crippen molar-refractivity contribution in [3.05, 3.63) is 28.8 Å². The smallest absolute Gasteiger partial charge is 0.247 e. The highest BCUT2D eigenvalue weighted by atomic mass is 35.5. The van der Waals surface area contributed by atoms with Gasteiger partial charge in [0.25, 0.3) is 0 Å². The summed E-state index contributed by atoms with van der Waals surface area (Å²) in [7, 11) is 0. The molecule has 114 valence electrons. The summed E-state index contributed by atoms with van der Waals surface area (Å²) < 4.78 is 0. The molecule has 1 aliphatic heterocycles. The van der Waals surface area contributed by atoms with Crippen molar-refractivity contribution in [2.45, 2.75) is 39.7 Å². The average molecular weight is 309 g/mol. The fraction of sp³-hybridized carbons (Fsp3) is 0.500. The first kappa shape index (κ1) is 15.8. The van der Waals surface area contributed by atoms with Crippen LogP contribution in [-0.2, 0) is 9.59 Å². The molecule has 1 aromatic carbocycles. The van der Waals surface area contributed by atoms with Crippen LogP contribution in [0, 0.1) is 20.8 Å². The van der Waals surface area contributed by atoms with Gasteiger partial charge in [-0.05, 0) is 44.7 Å². The summed E-state index contributed by atoms with van der Waals surface area (Å²) in [4.78, 5) is 25.8. The van der Waals surface area contributed by atoms with Crippen LogP contribution in [-0.4, -0.2) is 35.2 Å². The van der Waals surface area contributed by atoms with Gasteiger partial charge in [0.05, 0.1) is 0 Å². The molecule has 0 aliphatic carbocycles. The van der Waals surface area contributed by atoms with Gasteiger partial charge in [-0.15, -0.1) is 11.6 Å². The molecule has 1 N–H and O–H groups in total. The topological polar surface area (TPSA) is 49.4 Å². The van der Waals surface area contributed by atoms with Crippen molar-refractivity contribution in [3.8, 4) is 0 Å². The van der Waals surface area contributed by atoms with Crippen LogP contribution >= 0.6 is 11.6 Å². The van der Waals surface area contributed by atoms with Crippen molar-refractivity contribution in [2.75, 3.05) is 17.7 Å². The molecule has 1 aliphatic rings. The van der Waals surface area contributed by atoms with E-state index in [1.54, 1.807) is 4.90 Å². The lowest BCUT2D eigenvalue weighted by Gasteiger charge is -2.24. The van der Waals surface area contributed by atoms with Gasteiger partial charge in [-0.2, -0.15) is 0 Å². The Hall–Kier alpha value is -1.55. The van der Waals surface area contributed by atoms with Gasteiger partial charge < -0.3 is 10.2 Å². The van der Waals surface area contributed by atoms with Crippen LogP contribution in [0.1, 0.15) is 29.5 Å². The van der Waals surface area contributed by atoms with Crippen LogP contribution in [0.25, 0.3) is 0 Å². The zero-order valence-corrected chi connectivity index (χ0v) is 13.5. The maximum absolute atomic E-state index is 12.5. The molecule has 2 rings (SSSR count). The van der Waals surface area contributed by atoms with E-state index in [1.807, 2.05) is 32.9 Å². The van der Waals surface area contributed by atoms with E-state index in [2.05, 4.69) is 5.32 Å². The number of nitrogens with one attached hydrogen (secondary N) is 1. The van der Waals surface area contributed by atoms with Gasteiger partial charge in [-0.3, -0.25) is 9.59 Å². The number of amides is 2.